The molecular weight excluding hydrogens is 188 g/mol. The molecule has 0 aliphatic rings. The Hall–Kier alpha value is -2.05. The van der Waals surface area contributed by atoms with Crippen molar-refractivity contribution in [2.24, 2.45) is 14.1 Å². The van der Waals surface area contributed by atoms with Crippen LogP contribution in [0.1, 0.15) is 0 Å². The number of rotatable bonds is 0. The SMILES string of the molecule is Cn1c([O-])nc2[nH]c(=O)n(C)c2c1=O. The van der Waals surface area contributed by atoms with E-state index in [0.717, 1.165) is 9.13 Å². The zero-order valence-electron chi connectivity index (χ0n) is 7.57. The van der Waals surface area contributed by atoms with Crippen LogP contribution in [0.2, 0.25) is 0 Å². The van der Waals surface area contributed by atoms with Gasteiger partial charge in [-0.05, 0) is 0 Å². The smallest absolute Gasteiger partial charge is 0.327 e. The average molecular weight is 195 g/mol. The van der Waals surface area contributed by atoms with Gasteiger partial charge in [0.15, 0.2) is 11.2 Å². The van der Waals surface area contributed by atoms with Crippen LogP contribution in [0, 0.1) is 0 Å². The molecule has 2 aromatic rings. The molecule has 0 radical (unpaired) electrons. The maximum Gasteiger partial charge on any atom is 0.327 e. The Bertz CT molecular complexity index is 618. The first-order valence-corrected chi connectivity index (χ1v) is 3.85. The first-order valence-electron chi connectivity index (χ1n) is 3.85. The fraction of sp³-hybridized carbons (Fsp3) is 0.286. The predicted molar refractivity (Wildman–Crippen MR) is 46.0 cm³/mol. The third-order valence-corrected chi connectivity index (χ3v) is 2.09. The number of fused-ring (bicyclic) bond motifs is 1. The maximum atomic E-state index is 11.5. The largest absolute Gasteiger partial charge is 0.846 e. The Morgan fingerprint density at radius 2 is 1.93 bits per heavy atom. The Balaban J connectivity index is 3.15. The number of hydrogen-bond donors (Lipinski definition) is 1. The highest BCUT2D eigenvalue weighted by atomic mass is 16.3. The number of H-pyrrole nitrogens is 1. The highest BCUT2D eigenvalue weighted by Crippen LogP contribution is 2.02. The lowest BCUT2D eigenvalue weighted by Crippen LogP contribution is -2.24. The molecule has 0 amide bonds. The molecular formula is C7H7N4O3-. The van der Waals surface area contributed by atoms with E-state index in [0.29, 0.717) is 0 Å². The zero-order valence-corrected chi connectivity index (χ0v) is 7.57. The molecule has 0 aromatic carbocycles. The van der Waals surface area contributed by atoms with E-state index >= 15 is 0 Å². The van der Waals surface area contributed by atoms with Gasteiger partial charge in [-0.3, -0.25) is 14.3 Å². The summed E-state index contributed by atoms with van der Waals surface area (Å²) in [5.41, 5.74) is -0.848. The van der Waals surface area contributed by atoms with Gasteiger partial charge in [-0.15, -0.1) is 0 Å². The average Bonchev–Trinajstić information content (AvgIpc) is 2.39. The lowest BCUT2D eigenvalue weighted by atomic mass is 10.5. The van der Waals surface area contributed by atoms with Crippen LogP contribution in [0.4, 0.5) is 0 Å². The van der Waals surface area contributed by atoms with E-state index < -0.39 is 17.3 Å². The number of hydrogen-bond acceptors (Lipinski definition) is 4. The van der Waals surface area contributed by atoms with Crippen molar-refractivity contribution in [3.8, 4) is 6.01 Å². The van der Waals surface area contributed by atoms with E-state index in [9.17, 15) is 14.7 Å². The molecule has 0 saturated heterocycles. The summed E-state index contributed by atoms with van der Waals surface area (Å²) in [7, 11) is 2.75. The van der Waals surface area contributed by atoms with Gasteiger partial charge < -0.3 is 9.67 Å². The predicted octanol–water partition coefficient (Wildman–Crippen LogP) is -1.97. The van der Waals surface area contributed by atoms with Gasteiger partial charge in [0.1, 0.15) is 0 Å². The molecule has 0 saturated carbocycles. The second-order valence-corrected chi connectivity index (χ2v) is 2.94. The molecule has 0 fully saturated rings. The van der Waals surface area contributed by atoms with Gasteiger partial charge in [0.2, 0.25) is 0 Å². The van der Waals surface area contributed by atoms with E-state index in [2.05, 4.69) is 9.97 Å². The van der Waals surface area contributed by atoms with E-state index in [-0.39, 0.29) is 11.2 Å². The summed E-state index contributed by atoms with van der Waals surface area (Å²) in [6.45, 7) is 0. The number of aryl methyl sites for hydroxylation is 1. The van der Waals surface area contributed by atoms with Crippen molar-refractivity contribution in [1.29, 1.82) is 0 Å². The molecule has 2 heterocycles. The van der Waals surface area contributed by atoms with Gasteiger partial charge in [-0.2, -0.15) is 0 Å². The monoisotopic (exact) mass is 195 g/mol. The molecule has 2 rings (SSSR count). The minimum Gasteiger partial charge on any atom is -0.846 e. The second kappa shape index (κ2) is 2.47. The Morgan fingerprint density at radius 3 is 2.57 bits per heavy atom. The number of aromatic nitrogens is 4. The van der Waals surface area contributed by atoms with Gasteiger partial charge in [0.25, 0.3) is 5.56 Å². The van der Waals surface area contributed by atoms with Crippen LogP contribution in [0.3, 0.4) is 0 Å². The molecule has 1 N–H and O–H groups in total. The summed E-state index contributed by atoms with van der Waals surface area (Å²) in [4.78, 5) is 28.5. The normalized spacial score (nSPS) is 11.0. The van der Waals surface area contributed by atoms with Crippen LogP contribution in [-0.2, 0) is 14.1 Å². The third kappa shape index (κ3) is 0.889. The first-order chi connectivity index (χ1) is 6.52. The Kier molecular flexibility index (Phi) is 1.51. The van der Waals surface area contributed by atoms with Gasteiger partial charge in [-0.1, -0.05) is 0 Å². The fourth-order valence-electron chi connectivity index (χ4n) is 1.25. The van der Waals surface area contributed by atoms with Crippen LogP contribution in [0.15, 0.2) is 9.59 Å². The Labute approximate surface area is 77.2 Å². The molecule has 0 unspecified atom stereocenters. The number of imidazole rings is 1. The lowest BCUT2D eigenvalue weighted by molar-refractivity contribution is -0.285. The van der Waals surface area contributed by atoms with E-state index in [1.807, 2.05) is 0 Å². The van der Waals surface area contributed by atoms with E-state index in [1.165, 1.54) is 14.1 Å². The van der Waals surface area contributed by atoms with E-state index in [1.54, 1.807) is 0 Å². The topological polar surface area (TPSA) is 95.7 Å². The van der Waals surface area contributed by atoms with Crippen LogP contribution < -0.4 is 16.4 Å². The Morgan fingerprint density at radius 1 is 1.29 bits per heavy atom. The van der Waals surface area contributed by atoms with Crippen molar-refractivity contribution >= 4 is 11.2 Å². The van der Waals surface area contributed by atoms with Gasteiger partial charge in [0, 0.05) is 14.1 Å². The molecule has 2 aromatic heterocycles. The maximum absolute atomic E-state index is 11.5. The summed E-state index contributed by atoms with van der Waals surface area (Å²) in [6, 6.07) is -0.677. The third-order valence-electron chi connectivity index (χ3n) is 2.09. The highest BCUT2D eigenvalue weighted by Gasteiger charge is 2.09. The van der Waals surface area contributed by atoms with Crippen LogP contribution in [0.5, 0.6) is 6.01 Å². The molecule has 0 spiro atoms. The van der Waals surface area contributed by atoms with Crippen molar-refractivity contribution in [1.82, 2.24) is 19.1 Å². The van der Waals surface area contributed by atoms with Gasteiger partial charge in [0.05, 0.1) is 6.01 Å². The van der Waals surface area contributed by atoms with Crippen molar-refractivity contribution in [3.05, 3.63) is 20.8 Å². The summed E-state index contributed by atoms with van der Waals surface area (Å²) in [6.07, 6.45) is 0. The molecule has 0 aliphatic heterocycles. The lowest BCUT2D eigenvalue weighted by Gasteiger charge is -2.09. The zero-order chi connectivity index (χ0) is 10.5. The van der Waals surface area contributed by atoms with Gasteiger partial charge >= 0.3 is 5.69 Å². The number of nitrogens with zero attached hydrogens (tertiary/aromatic N) is 3. The summed E-state index contributed by atoms with van der Waals surface area (Å²) < 4.78 is 1.99. The molecule has 0 aliphatic carbocycles. The van der Waals surface area contributed by atoms with Gasteiger partial charge in [-0.25, -0.2) is 9.78 Å². The summed E-state index contributed by atoms with van der Waals surface area (Å²) in [5, 5.41) is 11.1. The molecule has 0 atom stereocenters. The number of nitrogens with one attached hydrogen (secondary N) is 1. The summed E-state index contributed by atoms with van der Waals surface area (Å²) >= 11 is 0. The molecule has 14 heavy (non-hydrogen) atoms. The van der Waals surface area contributed by atoms with Crippen molar-refractivity contribution < 1.29 is 5.11 Å². The van der Waals surface area contributed by atoms with E-state index in [4.69, 9.17) is 0 Å². The first kappa shape index (κ1) is 8.54. The fourth-order valence-corrected chi connectivity index (χ4v) is 1.25. The molecule has 7 nitrogen and oxygen atoms in total. The second-order valence-electron chi connectivity index (χ2n) is 2.94. The van der Waals surface area contributed by atoms with Crippen molar-refractivity contribution in [3.63, 3.8) is 0 Å². The molecule has 74 valence electrons. The van der Waals surface area contributed by atoms with Crippen molar-refractivity contribution in [2.75, 3.05) is 0 Å². The number of aromatic amines is 1. The standard InChI is InChI=1S/C7H8N4O3/c1-10-3-4(8-6(10)13)9-7(14)11(2)5(3)12/h1-2H3,(H,8,13)(H,9,14)/p-1. The highest BCUT2D eigenvalue weighted by molar-refractivity contribution is 5.69. The van der Waals surface area contributed by atoms with Crippen LogP contribution in [0.25, 0.3) is 11.2 Å². The minimum absolute atomic E-state index is 0.0330. The quantitative estimate of drug-likeness (QED) is 0.527. The van der Waals surface area contributed by atoms with Crippen LogP contribution in [-0.4, -0.2) is 19.1 Å². The van der Waals surface area contributed by atoms with Crippen molar-refractivity contribution in [2.45, 2.75) is 0 Å². The molecule has 0 bridgehead atoms. The summed E-state index contributed by atoms with van der Waals surface area (Å²) in [5.74, 6) is 0. The van der Waals surface area contributed by atoms with Crippen LogP contribution >= 0.6 is 0 Å². The molecule has 7 heteroatoms. The minimum atomic E-state index is -0.677.